The van der Waals surface area contributed by atoms with Crippen LogP contribution in [0, 0.1) is 0 Å². The van der Waals surface area contributed by atoms with Crippen molar-refractivity contribution in [1.82, 2.24) is 0 Å². The van der Waals surface area contributed by atoms with Gasteiger partial charge in [-0.05, 0) is 59.3 Å². The molecule has 5 aromatic carbocycles. The van der Waals surface area contributed by atoms with Gasteiger partial charge in [-0.3, -0.25) is 4.55 Å². The molecule has 0 atom stereocenters. The standard InChI is InChI=1S/C26H20N6O7S2.2Na/c27-15-5-7-17-14(11-15)12-24(41(37,38)39)25(26(17)33)32-31-22-10-9-21(18-3-1-2-4-19(18)22)30-29-16-6-8-20(28)23(13-16)40(34,35)36;;/h1-13,33H,27-28H2,(H,34,35,36)(H,37,38,39);;/q;2*+1/p-2. The van der Waals surface area contributed by atoms with Crippen LogP contribution < -0.4 is 75.7 Å². The first-order valence-electron chi connectivity index (χ1n) is 11.5. The summed E-state index contributed by atoms with van der Waals surface area (Å²) in [5.74, 6) is -0.767. The van der Waals surface area contributed by atoms with Gasteiger partial charge in [-0.1, -0.05) is 36.1 Å². The number of benzene rings is 5. The van der Waals surface area contributed by atoms with Crippen LogP contribution in [0.15, 0.2) is 109 Å². The summed E-state index contributed by atoms with van der Waals surface area (Å²) in [5, 5.41) is 30.7. The van der Waals surface area contributed by atoms with Gasteiger partial charge in [0.25, 0.3) is 10.1 Å². The zero-order valence-corrected chi connectivity index (χ0v) is 28.3. The molecule has 5 aromatic rings. The third-order valence-corrected chi connectivity index (χ3v) is 7.77. The van der Waals surface area contributed by atoms with Crippen molar-refractivity contribution in [3.8, 4) is 5.75 Å². The average Bonchev–Trinajstić information content (AvgIpc) is 2.91. The van der Waals surface area contributed by atoms with E-state index in [1.165, 1.54) is 42.5 Å². The number of nitrogens with zero attached hydrogens (tertiary/aromatic N) is 4. The summed E-state index contributed by atoms with van der Waals surface area (Å²) in [6.07, 6.45) is 0. The van der Waals surface area contributed by atoms with E-state index in [1.54, 1.807) is 24.3 Å². The molecule has 17 heteroatoms. The van der Waals surface area contributed by atoms with E-state index in [4.69, 9.17) is 11.5 Å². The number of rotatable bonds is 6. The van der Waals surface area contributed by atoms with Gasteiger partial charge in [0.2, 0.25) is 0 Å². The van der Waals surface area contributed by atoms with Crippen molar-refractivity contribution >= 4 is 75.9 Å². The SMILES string of the molecule is Nc1ccc2c([O-])c(N=Nc3ccc(N=Nc4ccc(N)c(S(=O)(=O)[O-])c4)c4ccccc34)c(S(=O)(=O)O)cc2c1.[Na+].[Na+]. The van der Waals surface area contributed by atoms with Gasteiger partial charge in [-0.25, -0.2) is 8.42 Å². The molecule has 0 unspecified atom stereocenters. The molecule has 208 valence electrons. The molecule has 0 heterocycles. The zero-order valence-electron chi connectivity index (χ0n) is 22.7. The van der Waals surface area contributed by atoms with Gasteiger partial charge in [0, 0.05) is 22.1 Å². The molecule has 13 nitrogen and oxygen atoms in total. The molecule has 0 aliphatic carbocycles. The van der Waals surface area contributed by atoms with E-state index >= 15 is 0 Å². The summed E-state index contributed by atoms with van der Waals surface area (Å²) < 4.78 is 68.3. The Morgan fingerprint density at radius 2 is 1.28 bits per heavy atom. The molecule has 0 radical (unpaired) electrons. The molecule has 5 rings (SSSR count). The topological polar surface area (TPSA) is 236 Å². The van der Waals surface area contributed by atoms with Crippen molar-refractivity contribution in [2.75, 3.05) is 11.5 Å². The summed E-state index contributed by atoms with van der Waals surface area (Å²) in [5.41, 5.74) is 11.5. The molecule has 0 aliphatic heterocycles. The maximum Gasteiger partial charge on any atom is 1.00 e. The smallest absolute Gasteiger partial charge is 0.871 e. The molecule has 0 spiro atoms. The van der Waals surface area contributed by atoms with Crippen LogP contribution in [0.1, 0.15) is 0 Å². The second kappa shape index (κ2) is 13.4. The number of nitrogen functional groups attached to an aromatic ring is 2. The molecule has 0 aromatic heterocycles. The van der Waals surface area contributed by atoms with Crippen molar-refractivity contribution in [2.24, 2.45) is 20.5 Å². The van der Waals surface area contributed by atoms with Crippen LogP contribution in [-0.2, 0) is 20.2 Å². The van der Waals surface area contributed by atoms with Gasteiger partial charge in [-0.15, -0.1) is 15.3 Å². The van der Waals surface area contributed by atoms with Crippen LogP contribution in [-0.4, -0.2) is 25.9 Å². The third kappa shape index (κ3) is 7.41. The van der Waals surface area contributed by atoms with Gasteiger partial charge in [-0.2, -0.15) is 13.5 Å². The van der Waals surface area contributed by atoms with Gasteiger partial charge >= 0.3 is 59.1 Å². The Balaban J connectivity index is 0.00000253. The van der Waals surface area contributed by atoms with Crippen LogP contribution in [0.3, 0.4) is 0 Å². The Hall–Kier alpha value is -2.96. The van der Waals surface area contributed by atoms with Crippen molar-refractivity contribution in [2.45, 2.75) is 9.79 Å². The molecule has 0 aliphatic rings. The Labute approximate surface area is 289 Å². The van der Waals surface area contributed by atoms with E-state index < -0.39 is 41.5 Å². The normalized spacial score (nSPS) is 12.0. The van der Waals surface area contributed by atoms with E-state index in [2.05, 4.69) is 20.5 Å². The van der Waals surface area contributed by atoms with Gasteiger partial charge in [0.15, 0.2) is 0 Å². The first-order chi connectivity index (χ1) is 19.3. The quantitative estimate of drug-likeness (QED) is 0.0916. The van der Waals surface area contributed by atoms with E-state index in [9.17, 15) is 31.0 Å². The summed E-state index contributed by atoms with van der Waals surface area (Å²) in [4.78, 5) is -1.34. The minimum Gasteiger partial charge on any atom is -0.871 e. The number of hydrogen-bond acceptors (Lipinski definition) is 12. The second-order valence-electron chi connectivity index (χ2n) is 8.73. The number of nitrogens with two attached hydrogens (primary N) is 2. The molecule has 0 saturated carbocycles. The molecule has 43 heavy (non-hydrogen) atoms. The second-order valence-corrected chi connectivity index (χ2v) is 11.5. The number of fused-ring (bicyclic) bond motifs is 2. The summed E-state index contributed by atoms with van der Waals surface area (Å²) in [6.45, 7) is 0. The van der Waals surface area contributed by atoms with Gasteiger partial charge < -0.3 is 21.1 Å². The number of hydrogen-bond donors (Lipinski definition) is 3. The maximum atomic E-state index is 13.1. The third-order valence-electron chi connectivity index (χ3n) is 6.01. The fourth-order valence-corrected chi connectivity index (χ4v) is 5.38. The minimum absolute atomic E-state index is 0. The van der Waals surface area contributed by atoms with Crippen LogP contribution in [0.4, 0.5) is 34.1 Å². The van der Waals surface area contributed by atoms with E-state index in [1.807, 2.05) is 0 Å². The van der Waals surface area contributed by atoms with Crippen LogP contribution >= 0.6 is 0 Å². The summed E-state index contributed by atoms with van der Waals surface area (Å²) in [6, 6.07) is 18.8. The molecule has 0 saturated heterocycles. The van der Waals surface area contributed by atoms with Gasteiger partial charge in [0.1, 0.15) is 15.0 Å². The van der Waals surface area contributed by atoms with Gasteiger partial charge in [0.05, 0.1) is 27.6 Å². The van der Waals surface area contributed by atoms with E-state index in [0.717, 1.165) is 12.1 Å². The predicted molar refractivity (Wildman–Crippen MR) is 149 cm³/mol. The number of anilines is 2. The maximum absolute atomic E-state index is 13.1. The monoisotopic (exact) mass is 636 g/mol. The Morgan fingerprint density at radius 1 is 0.674 bits per heavy atom. The summed E-state index contributed by atoms with van der Waals surface area (Å²) >= 11 is 0. The number of azo groups is 2. The van der Waals surface area contributed by atoms with E-state index in [0.29, 0.717) is 22.1 Å². The van der Waals surface area contributed by atoms with Crippen LogP contribution in [0.25, 0.3) is 21.5 Å². The average molecular weight is 637 g/mol. The summed E-state index contributed by atoms with van der Waals surface area (Å²) in [7, 11) is -9.67. The first kappa shape index (κ1) is 34.5. The predicted octanol–water partition coefficient (Wildman–Crippen LogP) is -0.779. The Morgan fingerprint density at radius 3 is 1.86 bits per heavy atom. The van der Waals surface area contributed by atoms with Crippen molar-refractivity contribution in [3.63, 3.8) is 0 Å². The van der Waals surface area contributed by atoms with Crippen molar-refractivity contribution in [1.29, 1.82) is 0 Å². The van der Waals surface area contributed by atoms with Crippen molar-refractivity contribution < 1.29 is 90.2 Å². The Kier molecular flexibility index (Phi) is 10.7. The molecular formula is C26H18N6Na2O7S2. The molecule has 0 amide bonds. The fraction of sp³-hybridized carbons (Fsp3) is 0. The van der Waals surface area contributed by atoms with Crippen LogP contribution in [0.2, 0.25) is 0 Å². The fourth-order valence-electron chi connectivity index (χ4n) is 4.11. The minimum atomic E-state index is -4.85. The molecule has 0 bridgehead atoms. The first-order valence-corrected chi connectivity index (χ1v) is 14.4. The molecular weight excluding hydrogens is 618 g/mol. The Bertz CT molecular complexity index is 2160. The largest absolute Gasteiger partial charge is 1.00 e. The zero-order chi connectivity index (χ0) is 29.5. The molecule has 5 N–H and O–H groups in total. The molecule has 0 fully saturated rings. The van der Waals surface area contributed by atoms with E-state index in [-0.39, 0.29) is 86.9 Å². The van der Waals surface area contributed by atoms with Crippen LogP contribution in [0.5, 0.6) is 5.75 Å². The van der Waals surface area contributed by atoms with Crippen molar-refractivity contribution in [3.05, 3.63) is 78.9 Å².